The van der Waals surface area contributed by atoms with Crippen LogP contribution in [-0.4, -0.2) is 38.2 Å². The molecule has 1 fully saturated rings. The number of carbonyl (C=O) groups excluding carboxylic acids is 2. The van der Waals surface area contributed by atoms with Gasteiger partial charge >= 0.3 is 11.9 Å². The summed E-state index contributed by atoms with van der Waals surface area (Å²) in [5.74, 6) is 0.281. The first-order chi connectivity index (χ1) is 22.0. The molecular formula is C37H42N2O6. The first-order valence-corrected chi connectivity index (χ1v) is 15.4. The minimum Gasteiger partial charge on any atom is -0.488 e. The number of esters is 2. The summed E-state index contributed by atoms with van der Waals surface area (Å²) in [6.07, 6.45) is 3.70. The molecule has 8 nitrogen and oxygen atoms in total. The summed E-state index contributed by atoms with van der Waals surface area (Å²) < 4.78 is 21.9. The fourth-order valence-corrected chi connectivity index (χ4v) is 4.86. The van der Waals surface area contributed by atoms with Gasteiger partial charge < -0.3 is 29.6 Å². The first-order valence-electron chi connectivity index (χ1n) is 15.4. The number of nitrogen functional groups attached to an aromatic ring is 1. The quantitative estimate of drug-likeness (QED) is 0.138. The van der Waals surface area contributed by atoms with Gasteiger partial charge in [-0.3, -0.25) is 0 Å². The Bertz CT molecular complexity index is 1500. The van der Waals surface area contributed by atoms with Gasteiger partial charge in [-0.2, -0.15) is 0 Å². The van der Waals surface area contributed by atoms with Gasteiger partial charge in [-0.05, 0) is 68.5 Å². The topological polar surface area (TPSA) is 100 Å². The van der Waals surface area contributed by atoms with Crippen molar-refractivity contribution in [3.05, 3.63) is 119 Å². The van der Waals surface area contributed by atoms with Crippen LogP contribution in [0.25, 0.3) is 0 Å². The average molecular weight is 611 g/mol. The van der Waals surface area contributed by atoms with E-state index < -0.39 is 5.97 Å². The molecule has 0 spiro atoms. The van der Waals surface area contributed by atoms with E-state index in [0.717, 1.165) is 29.9 Å². The van der Waals surface area contributed by atoms with Crippen molar-refractivity contribution in [1.29, 1.82) is 0 Å². The highest BCUT2D eigenvalue weighted by Gasteiger charge is 2.18. The number of benzene rings is 4. The van der Waals surface area contributed by atoms with Crippen molar-refractivity contribution in [3.8, 4) is 11.5 Å². The van der Waals surface area contributed by atoms with Gasteiger partial charge in [0, 0.05) is 36.6 Å². The van der Waals surface area contributed by atoms with Gasteiger partial charge in [0.15, 0.2) is 0 Å². The molecule has 0 atom stereocenters. The molecule has 0 bridgehead atoms. The van der Waals surface area contributed by atoms with E-state index in [-0.39, 0.29) is 5.97 Å². The summed E-state index contributed by atoms with van der Waals surface area (Å²) in [6.45, 7) is 7.15. The molecule has 0 aromatic heterocycles. The number of piperidine rings is 1. The molecule has 0 radical (unpaired) electrons. The first kappa shape index (κ1) is 32.9. The molecule has 1 heterocycles. The molecule has 1 saturated heterocycles. The van der Waals surface area contributed by atoms with E-state index >= 15 is 0 Å². The molecule has 2 N–H and O–H groups in total. The van der Waals surface area contributed by atoms with E-state index in [9.17, 15) is 9.59 Å². The number of hydrogen-bond donors (Lipinski definition) is 1. The lowest BCUT2D eigenvalue weighted by Crippen LogP contribution is -2.29. The zero-order valence-electron chi connectivity index (χ0n) is 26.1. The Morgan fingerprint density at radius 1 is 0.644 bits per heavy atom. The van der Waals surface area contributed by atoms with Crippen LogP contribution in [0, 0.1) is 0 Å². The molecule has 1 aliphatic rings. The van der Waals surface area contributed by atoms with Crippen LogP contribution in [-0.2, 0) is 22.7 Å². The molecule has 4 aromatic rings. The zero-order valence-corrected chi connectivity index (χ0v) is 26.1. The van der Waals surface area contributed by atoms with Crippen molar-refractivity contribution in [3.63, 3.8) is 0 Å². The van der Waals surface area contributed by atoms with E-state index in [4.69, 9.17) is 24.7 Å². The summed E-state index contributed by atoms with van der Waals surface area (Å²) >= 11 is 0. The Labute approximate surface area is 265 Å². The molecule has 4 aromatic carbocycles. The van der Waals surface area contributed by atoms with Crippen molar-refractivity contribution >= 4 is 23.3 Å². The number of nitrogens with two attached hydrogens (primary N) is 1. The van der Waals surface area contributed by atoms with Crippen LogP contribution in [0.4, 0.5) is 11.4 Å². The van der Waals surface area contributed by atoms with E-state index in [1.807, 2.05) is 85.8 Å². The number of hydrogen-bond acceptors (Lipinski definition) is 8. The van der Waals surface area contributed by atoms with Crippen LogP contribution in [0.15, 0.2) is 97.1 Å². The van der Waals surface area contributed by atoms with E-state index in [1.165, 1.54) is 19.3 Å². The molecule has 8 heteroatoms. The number of carbonyl (C=O) groups is 2. The van der Waals surface area contributed by atoms with Crippen LogP contribution in [0.3, 0.4) is 0 Å². The molecule has 5 rings (SSSR count). The number of ether oxygens (including phenoxy) is 4. The SMILES string of the molecule is CCOC(=O)c1ccc(N)cc1OCc1ccccc1.CCOC(=O)c1ccc(N2CCCCC2)cc1OCc1ccccc1. The minimum atomic E-state index is -0.407. The Kier molecular flexibility index (Phi) is 12.7. The summed E-state index contributed by atoms with van der Waals surface area (Å²) in [5.41, 5.74) is 10.3. The normalized spacial score (nSPS) is 12.4. The maximum atomic E-state index is 12.2. The van der Waals surface area contributed by atoms with Crippen molar-refractivity contribution in [2.24, 2.45) is 0 Å². The Morgan fingerprint density at radius 2 is 1.13 bits per heavy atom. The van der Waals surface area contributed by atoms with Crippen LogP contribution in [0.2, 0.25) is 0 Å². The van der Waals surface area contributed by atoms with E-state index in [0.29, 0.717) is 54.7 Å². The maximum Gasteiger partial charge on any atom is 0.341 e. The van der Waals surface area contributed by atoms with Crippen molar-refractivity contribution in [2.75, 3.05) is 36.9 Å². The molecular weight excluding hydrogens is 568 g/mol. The van der Waals surface area contributed by atoms with Gasteiger partial charge in [-0.1, -0.05) is 60.7 Å². The Hall–Kier alpha value is -4.98. The second kappa shape index (κ2) is 17.3. The molecule has 1 aliphatic heterocycles. The van der Waals surface area contributed by atoms with Gasteiger partial charge in [0.1, 0.15) is 35.8 Å². The Balaban J connectivity index is 0.000000210. The smallest absolute Gasteiger partial charge is 0.341 e. The van der Waals surface area contributed by atoms with E-state index in [1.54, 1.807) is 25.1 Å². The van der Waals surface area contributed by atoms with Gasteiger partial charge in [-0.25, -0.2) is 9.59 Å². The fourth-order valence-electron chi connectivity index (χ4n) is 4.86. The molecule has 0 aliphatic carbocycles. The number of nitrogens with zero attached hydrogens (tertiary/aromatic N) is 1. The second-order valence-electron chi connectivity index (χ2n) is 10.5. The predicted octanol–water partition coefficient (Wildman–Crippen LogP) is 7.46. The third-order valence-corrected chi connectivity index (χ3v) is 7.16. The van der Waals surface area contributed by atoms with Gasteiger partial charge in [0.2, 0.25) is 0 Å². The second-order valence-corrected chi connectivity index (χ2v) is 10.5. The van der Waals surface area contributed by atoms with Crippen molar-refractivity contribution < 1.29 is 28.5 Å². The van der Waals surface area contributed by atoms with Crippen LogP contribution < -0.4 is 20.1 Å². The van der Waals surface area contributed by atoms with E-state index in [2.05, 4.69) is 4.90 Å². The minimum absolute atomic E-state index is 0.321. The average Bonchev–Trinajstić information content (AvgIpc) is 3.08. The summed E-state index contributed by atoms with van der Waals surface area (Å²) in [4.78, 5) is 26.4. The zero-order chi connectivity index (χ0) is 31.9. The standard InChI is InChI=1S/C21H25NO3.C16H17NO3/c1-2-24-21(23)19-12-11-18(22-13-7-4-8-14-22)15-20(19)25-16-17-9-5-3-6-10-17;1-2-19-16(18)14-9-8-13(17)10-15(14)20-11-12-6-4-3-5-7-12/h3,5-6,9-12,15H,2,4,7-8,13-14,16H2,1H3;3-10H,2,11,17H2,1H3. The lowest BCUT2D eigenvalue weighted by molar-refractivity contribution is 0.0511. The third kappa shape index (κ3) is 10.0. The fraction of sp³-hybridized carbons (Fsp3) is 0.297. The number of rotatable bonds is 11. The van der Waals surface area contributed by atoms with Gasteiger partial charge in [0.25, 0.3) is 0 Å². The Morgan fingerprint density at radius 3 is 1.64 bits per heavy atom. The monoisotopic (exact) mass is 610 g/mol. The van der Waals surface area contributed by atoms with Crippen molar-refractivity contribution in [1.82, 2.24) is 0 Å². The molecule has 0 unspecified atom stereocenters. The molecule has 45 heavy (non-hydrogen) atoms. The molecule has 0 amide bonds. The van der Waals surface area contributed by atoms with Gasteiger partial charge in [-0.15, -0.1) is 0 Å². The molecule has 236 valence electrons. The highest BCUT2D eigenvalue weighted by Crippen LogP contribution is 2.29. The largest absolute Gasteiger partial charge is 0.488 e. The number of anilines is 2. The highest BCUT2D eigenvalue weighted by molar-refractivity contribution is 5.93. The maximum absolute atomic E-state index is 12.2. The predicted molar refractivity (Wildman–Crippen MR) is 177 cm³/mol. The van der Waals surface area contributed by atoms with Crippen LogP contribution >= 0.6 is 0 Å². The summed E-state index contributed by atoms with van der Waals surface area (Å²) in [5, 5.41) is 0. The van der Waals surface area contributed by atoms with Crippen LogP contribution in [0.5, 0.6) is 11.5 Å². The van der Waals surface area contributed by atoms with Crippen molar-refractivity contribution in [2.45, 2.75) is 46.3 Å². The third-order valence-electron chi connectivity index (χ3n) is 7.16. The summed E-state index contributed by atoms with van der Waals surface area (Å²) in [7, 11) is 0. The van der Waals surface area contributed by atoms with Crippen LogP contribution in [0.1, 0.15) is 65.0 Å². The summed E-state index contributed by atoms with van der Waals surface area (Å²) in [6, 6.07) is 30.4. The highest BCUT2D eigenvalue weighted by atomic mass is 16.5. The lowest BCUT2D eigenvalue weighted by Gasteiger charge is -2.29. The lowest BCUT2D eigenvalue weighted by atomic mass is 10.1. The van der Waals surface area contributed by atoms with Gasteiger partial charge in [0.05, 0.1) is 13.2 Å². The molecule has 0 saturated carbocycles.